The maximum Gasteiger partial charge on any atom is 0.277 e. The molecule has 0 bridgehead atoms. The minimum absolute atomic E-state index is 0.105. The van der Waals surface area contributed by atoms with Gasteiger partial charge in [-0.25, -0.2) is 9.97 Å². The first kappa shape index (κ1) is 16.5. The SMILES string of the molecule is O=c1[nH]c2c(c3c1ncn3[C@H]1C[C@H](O)[C@@H](CO)O1)CC(Cc1c[nH]cn1)N2. The summed E-state index contributed by atoms with van der Waals surface area (Å²) in [5, 5.41) is 22.8. The lowest BCUT2D eigenvalue weighted by molar-refractivity contribution is -0.0430. The molecule has 0 aromatic carbocycles. The Bertz CT molecular complexity index is 1030. The van der Waals surface area contributed by atoms with Crippen LogP contribution in [-0.4, -0.2) is 59.6 Å². The molecule has 27 heavy (non-hydrogen) atoms. The van der Waals surface area contributed by atoms with Crippen molar-refractivity contribution >= 4 is 16.9 Å². The predicted molar refractivity (Wildman–Crippen MR) is 95.4 cm³/mol. The average Bonchev–Trinajstić information content (AvgIpc) is 3.40. The summed E-state index contributed by atoms with van der Waals surface area (Å²) in [5.41, 5.74) is 2.70. The molecule has 0 radical (unpaired) electrons. The molecule has 1 fully saturated rings. The van der Waals surface area contributed by atoms with Gasteiger partial charge in [0.1, 0.15) is 18.1 Å². The van der Waals surface area contributed by atoms with Crippen molar-refractivity contribution in [2.75, 3.05) is 11.9 Å². The van der Waals surface area contributed by atoms with Crippen LogP contribution in [-0.2, 0) is 17.6 Å². The Morgan fingerprint density at radius 3 is 3.00 bits per heavy atom. The number of hydrogen-bond acceptors (Lipinski definition) is 7. The fraction of sp³-hybridized carbons (Fsp3) is 0.471. The van der Waals surface area contributed by atoms with Crippen LogP contribution in [0.4, 0.5) is 5.82 Å². The average molecular weight is 372 g/mol. The van der Waals surface area contributed by atoms with Gasteiger partial charge in [0.05, 0.1) is 36.6 Å². The third kappa shape index (κ3) is 2.64. The van der Waals surface area contributed by atoms with Crippen LogP contribution in [0.2, 0.25) is 0 Å². The molecule has 4 atom stereocenters. The van der Waals surface area contributed by atoms with Crippen molar-refractivity contribution in [1.29, 1.82) is 0 Å². The molecule has 0 amide bonds. The summed E-state index contributed by atoms with van der Waals surface area (Å²) in [5.74, 6) is 0.687. The summed E-state index contributed by atoms with van der Waals surface area (Å²) in [6.07, 6.45) is 4.98. The first-order valence-corrected chi connectivity index (χ1v) is 8.94. The lowest BCUT2D eigenvalue weighted by atomic mass is 10.1. The summed E-state index contributed by atoms with van der Waals surface area (Å²) in [4.78, 5) is 26.8. The highest BCUT2D eigenvalue weighted by molar-refractivity contribution is 5.84. The van der Waals surface area contributed by atoms with Crippen LogP contribution < -0.4 is 10.9 Å². The summed E-state index contributed by atoms with van der Waals surface area (Å²) in [6, 6.07) is 0.105. The van der Waals surface area contributed by atoms with E-state index in [0.717, 1.165) is 17.7 Å². The smallest absolute Gasteiger partial charge is 0.277 e. The number of aliphatic hydroxyl groups excluding tert-OH is 2. The number of rotatable bonds is 4. The first-order chi connectivity index (χ1) is 13.1. The molecule has 0 saturated carbocycles. The highest BCUT2D eigenvalue weighted by Crippen LogP contribution is 2.35. The minimum atomic E-state index is -0.752. The van der Waals surface area contributed by atoms with Crippen LogP contribution >= 0.6 is 0 Å². The molecule has 5 heterocycles. The third-order valence-electron chi connectivity index (χ3n) is 5.34. The van der Waals surface area contributed by atoms with Crippen molar-refractivity contribution in [1.82, 2.24) is 24.5 Å². The van der Waals surface area contributed by atoms with Crippen molar-refractivity contribution in [2.24, 2.45) is 0 Å². The van der Waals surface area contributed by atoms with Gasteiger partial charge in [0.15, 0.2) is 5.52 Å². The van der Waals surface area contributed by atoms with E-state index >= 15 is 0 Å². The number of H-pyrrole nitrogens is 2. The molecule has 2 aliphatic rings. The molecule has 142 valence electrons. The summed E-state index contributed by atoms with van der Waals surface area (Å²) in [7, 11) is 0. The van der Waals surface area contributed by atoms with Gasteiger partial charge in [0, 0.05) is 30.6 Å². The molecule has 1 unspecified atom stereocenters. The number of aromatic nitrogens is 5. The van der Waals surface area contributed by atoms with Crippen LogP contribution in [0.1, 0.15) is 23.9 Å². The maximum atomic E-state index is 12.5. The molecule has 0 aliphatic carbocycles. The Kier molecular flexibility index (Phi) is 3.78. The van der Waals surface area contributed by atoms with Crippen LogP contribution in [0.25, 0.3) is 11.0 Å². The van der Waals surface area contributed by atoms with E-state index in [2.05, 4.69) is 25.3 Å². The van der Waals surface area contributed by atoms with Crippen molar-refractivity contribution in [3.05, 3.63) is 40.5 Å². The van der Waals surface area contributed by atoms with Crippen molar-refractivity contribution < 1.29 is 14.9 Å². The van der Waals surface area contributed by atoms with Crippen molar-refractivity contribution in [3.63, 3.8) is 0 Å². The fourth-order valence-corrected chi connectivity index (χ4v) is 4.06. The van der Waals surface area contributed by atoms with E-state index in [1.165, 1.54) is 0 Å². The number of nitrogens with zero attached hydrogens (tertiary/aromatic N) is 3. The zero-order valence-electron chi connectivity index (χ0n) is 14.4. The van der Waals surface area contributed by atoms with Gasteiger partial charge in [0.25, 0.3) is 5.56 Å². The molecular formula is C17H20N6O4. The zero-order valence-corrected chi connectivity index (χ0v) is 14.4. The molecule has 1 saturated heterocycles. The van der Waals surface area contributed by atoms with Gasteiger partial charge in [0.2, 0.25) is 0 Å². The van der Waals surface area contributed by atoms with Crippen molar-refractivity contribution in [3.8, 4) is 0 Å². The van der Waals surface area contributed by atoms with Crippen LogP contribution in [0.3, 0.4) is 0 Å². The lowest BCUT2D eigenvalue weighted by Crippen LogP contribution is -2.24. The zero-order chi connectivity index (χ0) is 18.5. The normalized spacial score (nSPS) is 27.2. The molecule has 3 aromatic heterocycles. The van der Waals surface area contributed by atoms with Gasteiger partial charge < -0.3 is 34.8 Å². The van der Waals surface area contributed by atoms with Gasteiger partial charge in [-0.2, -0.15) is 0 Å². The van der Waals surface area contributed by atoms with Gasteiger partial charge in [-0.15, -0.1) is 0 Å². The fourth-order valence-electron chi connectivity index (χ4n) is 4.06. The van der Waals surface area contributed by atoms with E-state index in [1.807, 2.05) is 6.20 Å². The monoisotopic (exact) mass is 372 g/mol. The van der Waals surface area contributed by atoms with E-state index in [-0.39, 0.29) is 18.2 Å². The number of fused-ring (bicyclic) bond motifs is 3. The number of imidazole rings is 2. The largest absolute Gasteiger partial charge is 0.394 e. The Morgan fingerprint density at radius 2 is 2.26 bits per heavy atom. The Morgan fingerprint density at radius 1 is 1.37 bits per heavy atom. The standard InChI is InChI=1S/C17H20N6O4/c24-5-12-11(25)3-13(27-12)23-7-20-14-15(23)10-2-8(1-9-4-18-6-19-9)21-16(10)22-17(14)26/h4,6-8,11-13,24-25H,1-3,5H2,(H,18,19)(H2,21,22,26)/t8?,11-,12+,13+/m0/s1. The molecule has 10 heteroatoms. The van der Waals surface area contributed by atoms with Gasteiger partial charge in [-0.3, -0.25) is 4.79 Å². The second-order valence-corrected chi connectivity index (χ2v) is 7.08. The van der Waals surface area contributed by atoms with Crippen LogP contribution in [0, 0.1) is 0 Å². The highest BCUT2D eigenvalue weighted by atomic mass is 16.5. The second-order valence-electron chi connectivity index (χ2n) is 7.08. The molecule has 0 spiro atoms. The number of nitrogens with one attached hydrogen (secondary N) is 3. The number of anilines is 1. The minimum Gasteiger partial charge on any atom is -0.394 e. The Labute approximate surface area is 153 Å². The second kappa shape index (κ2) is 6.19. The van der Waals surface area contributed by atoms with Gasteiger partial charge in [-0.05, 0) is 6.42 Å². The van der Waals surface area contributed by atoms with E-state index in [0.29, 0.717) is 29.7 Å². The van der Waals surface area contributed by atoms with Crippen LogP contribution in [0.5, 0.6) is 0 Å². The highest BCUT2D eigenvalue weighted by Gasteiger charge is 2.36. The van der Waals surface area contributed by atoms with E-state index < -0.39 is 18.4 Å². The Balaban J connectivity index is 1.52. The number of aromatic amines is 2. The summed E-state index contributed by atoms with van der Waals surface area (Å²) >= 11 is 0. The molecular weight excluding hydrogens is 352 g/mol. The number of hydrogen-bond donors (Lipinski definition) is 5. The number of ether oxygens (including phenoxy) is 1. The summed E-state index contributed by atoms with van der Waals surface area (Å²) in [6.45, 7) is -0.254. The van der Waals surface area contributed by atoms with E-state index in [1.54, 1.807) is 17.2 Å². The molecule has 3 aromatic rings. The van der Waals surface area contributed by atoms with Gasteiger partial charge in [-0.1, -0.05) is 0 Å². The number of pyridine rings is 1. The predicted octanol–water partition coefficient (Wildman–Crippen LogP) is -0.332. The third-order valence-corrected chi connectivity index (χ3v) is 5.34. The first-order valence-electron chi connectivity index (χ1n) is 8.94. The molecule has 10 nitrogen and oxygen atoms in total. The lowest BCUT2D eigenvalue weighted by Gasteiger charge is -2.15. The van der Waals surface area contributed by atoms with E-state index in [4.69, 9.17) is 4.74 Å². The molecule has 5 rings (SSSR count). The quantitative estimate of drug-likeness (QED) is 0.422. The topological polar surface area (TPSA) is 141 Å². The number of aliphatic hydroxyl groups is 2. The van der Waals surface area contributed by atoms with Crippen molar-refractivity contribution in [2.45, 2.75) is 43.7 Å². The Hall–Kier alpha value is -2.69. The molecule has 2 aliphatic heterocycles. The van der Waals surface area contributed by atoms with Crippen LogP contribution in [0.15, 0.2) is 23.6 Å². The summed E-state index contributed by atoms with van der Waals surface area (Å²) < 4.78 is 7.56. The molecule has 5 N–H and O–H groups in total. The van der Waals surface area contributed by atoms with Gasteiger partial charge >= 0.3 is 0 Å². The van der Waals surface area contributed by atoms with E-state index in [9.17, 15) is 15.0 Å². The maximum absolute atomic E-state index is 12.5.